The summed E-state index contributed by atoms with van der Waals surface area (Å²) in [5.41, 5.74) is 1.65. The molecule has 0 saturated carbocycles. The molecule has 4 nitrogen and oxygen atoms in total. The van der Waals surface area contributed by atoms with E-state index in [-0.39, 0.29) is 5.57 Å². The highest BCUT2D eigenvalue weighted by molar-refractivity contribution is 6.31. The van der Waals surface area contributed by atoms with Crippen molar-refractivity contribution in [2.24, 2.45) is 0 Å². The first-order valence-corrected chi connectivity index (χ1v) is 7.07. The molecular weight excluding hydrogens is 317 g/mol. The van der Waals surface area contributed by atoms with Crippen LogP contribution in [0, 0.1) is 24.1 Å². The molecule has 2 aromatic carbocycles. The molecule has 0 saturated heterocycles. The van der Waals surface area contributed by atoms with Gasteiger partial charge < -0.3 is 10.6 Å². The van der Waals surface area contributed by atoms with E-state index in [2.05, 4.69) is 10.6 Å². The third kappa shape index (κ3) is 4.56. The molecule has 0 heterocycles. The summed E-state index contributed by atoms with van der Waals surface area (Å²) in [4.78, 5) is 12.1. The first-order valence-electron chi connectivity index (χ1n) is 6.69. The molecule has 0 aliphatic heterocycles. The van der Waals surface area contributed by atoms with Crippen LogP contribution < -0.4 is 10.6 Å². The Morgan fingerprint density at radius 3 is 2.70 bits per heavy atom. The van der Waals surface area contributed by atoms with E-state index < -0.39 is 11.7 Å². The fourth-order valence-corrected chi connectivity index (χ4v) is 1.93. The first kappa shape index (κ1) is 16.5. The molecule has 23 heavy (non-hydrogen) atoms. The van der Waals surface area contributed by atoms with Gasteiger partial charge in [-0.2, -0.15) is 5.26 Å². The normalized spacial score (nSPS) is 10.8. The van der Waals surface area contributed by atoms with Gasteiger partial charge in [0.1, 0.15) is 17.5 Å². The Balaban J connectivity index is 2.10. The van der Waals surface area contributed by atoms with E-state index in [4.69, 9.17) is 16.9 Å². The van der Waals surface area contributed by atoms with E-state index in [1.54, 1.807) is 30.3 Å². The Hall–Kier alpha value is -2.84. The van der Waals surface area contributed by atoms with Crippen LogP contribution in [-0.4, -0.2) is 5.91 Å². The number of nitriles is 1. The number of rotatable bonds is 4. The maximum atomic E-state index is 13.1. The molecule has 0 atom stereocenters. The molecule has 0 fully saturated rings. The summed E-state index contributed by atoms with van der Waals surface area (Å²) in [6.07, 6.45) is 1.22. The van der Waals surface area contributed by atoms with Crippen LogP contribution in [0.2, 0.25) is 5.02 Å². The van der Waals surface area contributed by atoms with E-state index in [0.717, 1.165) is 5.56 Å². The highest BCUT2D eigenvalue weighted by Gasteiger charge is 2.10. The molecule has 2 aromatic rings. The number of hydrogen-bond acceptors (Lipinski definition) is 3. The van der Waals surface area contributed by atoms with Crippen LogP contribution in [-0.2, 0) is 4.79 Å². The minimum absolute atomic E-state index is 0.147. The van der Waals surface area contributed by atoms with Crippen molar-refractivity contribution < 1.29 is 9.18 Å². The van der Waals surface area contributed by atoms with Crippen LogP contribution in [0.15, 0.2) is 54.2 Å². The fraction of sp³-hybridized carbons (Fsp3) is 0.0588. The molecular formula is C17H13ClFN3O. The quantitative estimate of drug-likeness (QED) is 0.651. The Labute approximate surface area is 138 Å². The van der Waals surface area contributed by atoms with Crippen molar-refractivity contribution in [2.75, 3.05) is 10.6 Å². The predicted molar refractivity (Wildman–Crippen MR) is 88.5 cm³/mol. The second-order valence-corrected chi connectivity index (χ2v) is 5.15. The van der Waals surface area contributed by atoms with Crippen molar-refractivity contribution in [3.63, 3.8) is 0 Å². The molecule has 2 rings (SSSR count). The summed E-state index contributed by atoms with van der Waals surface area (Å²) >= 11 is 5.99. The molecule has 0 unspecified atom stereocenters. The number of carbonyl (C=O) groups is 1. The van der Waals surface area contributed by atoms with Crippen LogP contribution in [0.3, 0.4) is 0 Å². The van der Waals surface area contributed by atoms with E-state index in [0.29, 0.717) is 16.4 Å². The minimum atomic E-state index is -0.587. The summed E-state index contributed by atoms with van der Waals surface area (Å²) < 4.78 is 13.1. The third-order valence-corrected chi connectivity index (χ3v) is 3.41. The Morgan fingerprint density at radius 2 is 2.04 bits per heavy atom. The molecule has 6 heteroatoms. The van der Waals surface area contributed by atoms with Crippen LogP contribution in [0.4, 0.5) is 15.8 Å². The number of benzene rings is 2. The predicted octanol–water partition coefficient (Wildman–Crippen LogP) is 4.25. The van der Waals surface area contributed by atoms with Gasteiger partial charge in [0.2, 0.25) is 0 Å². The van der Waals surface area contributed by atoms with Gasteiger partial charge in [0.05, 0.1) is 0 Å². The van der Waals surface area contributed by atoms with Gasteiger partial charge in [-0.25, -0.2) is 4.39 Å². The first-order chi connectivity index (χ1) is 11.0. The zero-order valence-corrected chi connectivity index (χ0v) is 13.0. The van der Waals surface area contributed by atoms with Crippen LogP contribution in [0.25, 0.3) is 0 Å². The number of carbonyl (C=O) groups excluding carboxylic acids is 1. The topological polar surface area (TPSA) is 64.9 Å². The number of amides is 1. The maximum Gasteiger partial charge on any atom is 0.267 e. The lowest BCUT2D eigenvalue weighted by atomic mass is 10.2. The van der Waals surface area contributed by atoms with Gasteiger partial charge in [0.25, 0.3) is 5.91 Å². The molecule has 1 amide bonds. The van der Waals surface area contributed by atoms with Gasteiger partial charge >= 0.3 is 0 Å². The average molecular weight is 330 g/mol. The molecule has 0 spiro atoms. The van der Waals surface area contributed by atoms with E-state index in [1.165, 1.54) is 24.4 Å². The lowest BCUT2D eigenvalue weighted by Gasteiger charge is -2.07. The fourth-order valence-electron chi connectivity index (χ4n) is 1.75. The number of nitrogens with one attached hydrogen (secondary N) is 2. The zero-order valence-electron chi connectivity index (χ0n) is 12.2. The smallest absolute Gasteiger partial charge is 0.267 e. The number of nitrogens with zero attached hydrogens (tertiary/aromatic N) is 1. The van der Waals surface area contributed by atoms with Gasteiger partial charge in [0.15, 0.2) is 0 Å². The molecule has 0 bridgehead atoms. The van der Waals surface area contributed by atoms with Gasteiger partial charge in [-0.15, -0.1) is 0 Å². The van der Waals surface area contributed by atoms with E-state index in [1.807, 2.05) is 6.92 Å². The van der Waals surface area contributed by atoms with Crippen LogP contribution in [0.5, 0.6) is 0 Å². The van der Waals surface area contributed by atoms with Gasteiger partial charge in [-0.3, -0.25) is 4.79 Å². The number of aryl methyl sites for hydroxylation is 1. The van der Waals surface area contributed by atoms with Gasteiger partial charge in [0, 0.05) is 22.6 Å². The number of anilines is 2. The minimum Gasteiger partial charge on any atom is -0.360 e. The van der Waals surface area contributed by atoms with Gasteiger partial charge in [-0.1, -0.05) is 23.7 Å². The van der Waals surface area contributed by atoms with Crippen molar-refractivity contribution in [3.8, 4) is 6.07 Å². The largest absolute Gasteiger partial charge is 0.360 e. The van der Waals surface area contributed by atoms with Crippen LogP contribution >= 0.6 is 11.6 Å². The SMILES string of the molecule is Cc1ccc(NC(=O)/C(C#N)=C\Nc2cccc(F)c2)cc1Cl. The molecule has 0 aliphatic carbocycles. The lowest BCUT2D eigenvalue weighted by Crippen LogP contribution is -2.14. The molecule has 0 radical (unpaired) electrons. The summed E-state index contributed by atoms with van der Waals surface area (Å²) in [5, 5.41) is 14.9. The summed E-state index contributed by atoms with van der Waals surface area (Å²) in [5.74, 6) is -1.00. The summed E-state index contributed by atoms with van der Waals surface area (Å²) in [6, 6.07) is 12.5. The second-order valence-electron chi connectivity index (χ2n) is 4.74. The van der Waals surface area contributed by atoms with Crippen molar-refractivity contribution in [3.05, 3.63) is 70.6 Å². The van der Waals surface area contributed by atoms with Crippen molar-refractivity contribution in [2.45, 2.75) is 6.92 Å². The molecule has 0 aliphatic rings. The maximum absolute atomic E-state index is 13.1. The van der Waals surface area contributed by atoms with E-state index >= 15 is 0 Å². The van der Waals surface area contributed by atoms with E-state index in [9.17, 15) is 9.18 Å². The Morgan fingerprint density at radius 1 is 1.26 bits per heavy atom. The third-order valence-electron chi connectivity index (χ3n) is 3.00. The number of halogens is 2. The highest BCUT2D eigenvalue weighted by atomic mass is 35.5. The van der Waals surface area contributed by atoms with Crippen molar-refractivity contribution >= 4 is 28.9 Å². The van der Waals surface area contributed by atoms with Gasteiger partial charge in [-0.05, 0) is 42.8 Å². The monoisotopic (exact) mass is 329 g/mol. The standard InChI is InChI=1S/C17H13ClFN3O/c1-11-5-6-15(8-16(11)18)22-17(23)12(9-20)10-21-14-4-2-3-13(19)7-14/h2-8,10,21H,1H3,(H,22,23)/b12-10-. The van der Waals surface area contributed by atoms with Crippen LogP contribution in [0.1, 0.15) is 5.56 Å². The number of hydrogen-bond donors (Lipinski definition) is 2. The Bertz CT molecular complexity index is 812. The zero-order chi connectivity index (χ0) is 16.8. The van der Waals surface area contributed by atoms with Crippen molar-refractivity contribution in [1.82, 2.24) is 0 Å². The molecule has 2 N–H and O–H groups in total. The Kier molecular flexibility index (Phi) is 5.34. The molecule has 116 valence electrons. The average Bonchev–Trinajstić information content (AvgIpc) is 2.51. The molecule has 0 aromatic heterocycles. The summed E-state index contributed by atoms with van der Waals surface area (Å²) in [6.45, 7) is 1.84. The second kappa shape index (κ2) is 7.43. The lowest BCUT2D eigenvalue weighted by molar-refractivity contribution is -0.112. The summed E-state index contributed by atoms with van der Waals surface area (Å²) in [7, 11) is 0. The van der Waals surface area contributed by atoms with Crippen molar-refractivity contribution in [1.29, 1.82) is 5.26 Å². The highest BCUT2D eigenvalue weighted by Crippen LogP contribution is 2.20.